The van der Waals surface area contributed by atoms with E-state index in [1.165, 1.54) is 7.11 Å². The van der Waals surface area contributed by atoms with Gasteiger partial charge in [0.05, 0.1) is 12.0 Å². The number of carbonyl (C=O) groups is 1. The fourth-order valence-corrected chi connectivity index (χ4v) is 2.72. The van der Waals surface area contributed by atoms with E-state index >= 15 is 0 Å². The number of rotatable bonds is 6. The van der Waals surface area contributed by atoms with Crippen LogP contribution in [-0.4, -0.2) is 49.4 Å². The van der Waals surface area contributed by atoms with Crippen LogP contribution in [0.5, 0.6) is 5.75 Å². The molecule has 20 heavy (non-hydrogen) atoms. The molecule has 0 spiro atoms. The third-order valence-electron chi connectivity index (χ3n) is 2.40. The van der Waals surface area contributed by atoms with Gasteiger partial charge in [0.15, 0.2) is 0 Å². The number of aliphatic carboxylic acids is 1. The molecule has 0 saturated carbocycles. The van der Waals surface area contributed by atoms with Crippen molar-refractivity contribution in [1.82, 2.24) is 4.31 Å². The number of nitro groups is 1. The summed E-state index contributed by atoms with van der Waals surface area (Å²) in [6.07, 6.45) is 0. The van der Waals surface area contributed by atoms with E-state index in [1.54, 1.807) is 0 Å². The van der Waals surface area contributed by atoms with E-state index < -0.39 is 38.0 Å². The van der Waals surface area contributed by atoms with Gasteiger partial charge in [0, 0.05) is 19.2 Å². The Morgan fingerprint density at radius 1 is 1.50 bits per heavy atom. The zero-order chi connectivity index (χ0) is 15.5. The van der Waals surface area contributed by atoms with E-state index in [0.717, 1.165) is 25.2 Å². The van der Waals surface area contributed by atoms with Crippen LogP contribution >= 0.6 is 0 Å². The van der Waals surface area contributed by atoms with Crippen LogP contribution in [0, 0.1) is 10.1 Å². The predicted octanol–water partition coefficient (Wildman–Crippen LogP) is 0.308. The Morgan fingerprint density at radius 3 is 2.55 bits per heavy atom. The Balaban J connectivity index is 3.38. The van der Waals surface area contributed by atoms with Crippen molar-refractivity contribution in [1.29, 1.82) is 0 Å². The molecule has 0 aliphatic carbocycles. The Hall–Kier alpha value is -2.20. The summed E-state index contributed by atoms with van der Waals surface area (Å²) >= 11 is 0. The molecule has 0 radical (unpaired) electrons. The number of methoxy groups -OCH3 is 1. The van der Waals surface area contributed by atoms with Gasteiger partial charge in [-0.25, -0.2) is 8.42 Å². The van der Waals surface area contributed by atoms with Gasteiger partial charge >= 0.3 is 5.97 Å². The highest BCUT2D eigenvalue weighted by Gasteiger charge is 2.28. The summed E-state index contributed by atoms with van der Waals surface area (Å²) in [6.45, 7) is -0.770. The highest BCUT2D eigenvalue weighted by Crippen LogP contribution is 2.29. The van der Waals surface area contributed by atoms with Crippen molar-refractivity contribution in [3.05, 3.63) is 28.3 Å². The number of ether oxygens (including phenoxy) is 1. The highest BCUT2D eigenvalue weighted by molar-refractivity contribution is 7.89. The van der Waals surface area contributed by atoms with Gasteiger partial charge in [-0.15, -0.1) is 0 Å². The smallest absolute Gasteiger partial charge is 0.318 e. The van der Waals surface area contributed by atoms with Crippen LogP contribution in [0.25, 0.3) is 0 Å². The van der Waals surface area contributed by atoms with Crippen LogP contribution in [0.1, 0.15) is 0 Å². The molecule has 0 aliphatic rings. The predicted molar refractivity (Wildman–Crippen MR) is 67.1 cm³/mol. The average molecular weight is 304 g/mol. The van der Waals surface area contributed by atoms with Crippen LogP contribution in [0.4, 0.5) is 5.69 Å². The van der Waals surface area contributed by atoms with Gasteiger partial charge in [-0.05, 0) is 6.07 Å². The largest absolute Gasteiger partial charge is 0.495 e. The van der Waals surface area contributed by atoms with Crippen LogP contribution < -0.4 is 4.74 Å². The number of carboxylic acids is 1. The van der Waals surface area contributed by atoms with Gasteiger partial charge < -0.3 is 9.84 Å². The lowest BCUT2D eigenvalue weighted by Gasteiger charge is -2.16. The van der Waals surface area contributed by atoms with Crippen LogP contribution in [0.2, 0.25) is 0 Å². The molecule has 0 unspecified atom stereocenters. The SMILES string of the molecule is COc1ccc([N+](=O)[O-])cc1S(=O)(=O)N(C)CC(=O)O. The molecule has 1 aromatic carbocycles. The van der Waals surface area contributed by atoms with Gasteiger partial charge in [0.1, 0.15) is 17.2 Å². The fourth-order valence-electron chi connectivity index (χ4n) is 1.42. The van der Waals surface area contributed by atoms with E-state index in [0.29, 0.717) is 4.31 Å². The molecule has 1 aromatic rings. The van der Waals surface area contributed by atoms with Crippen molar-refractivity contribution in [3.8, 4) is 5.75 Å². The number of benzene rings is 1. The minimum atomic E-state index is -4.21. The zero-order valence-corrected chi connectivity index (χ0v) is 11.5. The Bertz CT molecular complexity index is 641. The molecule has 9 nitrogen and oxygen atoms in total. The van der Waals surface area contributed by atoms with Crippen LogP contribution in [0.3, 0.4) is 0 Å². The van der Waals surface area contributed by atoms with E-state index in [1.807, 2.05) is 0 Å². The standard InChI is InChI=1S/C10H12N2O7S/c1-11(6-10(13)14)20(17,18)9-5-7(12(15)16)3-4-8(9)19-2/h3-5H,6H2,1-2H3,(H,13,14). The molecule has 0 aromatic heterocycles. The van der Waals surface area contributed by atoms with E-state index in [4.69, 9.17) is 9.84 Å². The average Bonchev–Trinajstić information content (AvgIpc) is 2.36. The molecular weight excluding hydrogens is 292 g/mol. The molecule has 1 rings (SSSR count). The Labute approximate surface area is 114 Å². The van der Waals surface area contributed by atoms with Gasteiger partial charge in [-0.1, -0.05) is 0 Å². The molecule has 110 valence electrons. The van der Waals surface area contributed by atoms with Crippen LogP contribution in [0.15, 0.2) is 23.1 Å². The molecule has 0 fully saturated rings. The topological polar surface area (TPSA) is 127 Å². The molecule has 0 heterocycles. The summed E-state index contributed by atoms with van der Waals surface area (Å²) < 4.78 is 29.8. The number of hydrogen-bond donors (Lipinski definition) is 1. The van der Waals surface area contributed by atoms with Crippen molar-refractivity contribution >= 4 is 21.7 Å². The summed E-state index contributed by atoms with van der Waals surface area (Å²) in [6, 6.07) is 3.06. The molecule has 0 saturated heterocycles. The van der Waals surface area contributed by atoms with E-state index in [-0.39, 0.29) is 5.75 Å². The van der Waals surface area contributed by atoms with E-state index in [9.17, 15) is 23.3 Å². The monoisotopic (exact) mass is 304 g/mol. The van der Waals surface area contributed by atoms with Gasteiger partial charge in [0.2, 0.25) is 10.0 Å². The maximum absolute atomic E-state index is 12.2. The summed E-state index contributed by atoms with van der Waals surface area (Å²) in [4.78, 5) is 20.0. The minimum absolute atomic E-state index is 0.104. The third-order valence-corrected chi connectivity index (χ3v) is 4.23. The first kappa shape index (κ1) is 15.9. The molecule has 0 amide bonds. The lowest BCUT2D eigenvalue weighted by atomic mass is 10.3. The molecular formula is C10H12N2O7S. The molecule has 1 N–H and O–H groups in total. The normalized spacial score (nSPS) is 11.3. The second kappa shape index (κ2) is 5.84. The lowest BCUT2D eigenvalue weighted by molar-refractivity contribution is -0.385. The summed E-state index contributed by atoms with van der Waals surface area (Å²) in [5.41, 5.74) is -0.437. The number of nitro benzene ring substituents is 1. The minimum Gasteiger partial charge on any atom is -0.495 e. The number of sulfonamides is 1. The Morgan fingerprint density at radius 2 is 2.10 bits per heavy atom. The maximum Gasteiger partial charge on any atom is 0.318 e. The molecule has 10 heteroatoms. The van der Waals surface area contributed by atoms with Crippen molar-refractivity contribution in [3.63, 3.8) is 0 Å². The number of likely N-dealkylation sites (N-methyl/N-ethyl adjacent to an activating group) is 1. The Kier molecular flexibility index (Phi) is 4.63. The first-order valence-corrected chi connectivity index (χ1v) is 6.64. The third kappa shape index (κ3) is 3.22. The number of nitrogens with zero attached hydrogens (tertiary/aromatic N) is 2. The second-order valence-corrected chi connectivity index (χ2v) is 5.76. The summed E-state index contributed by atoms with van der Waals surface area (Å²) in [5, 5.41) is 19.3. The number of carboxylic acid groups (broad SMARTS) is 1. The number of hydrogen-bond acceptors (Lipinski definition) is 6. The maximum atomic E-state index is 12.2. The van der Waals surface area contributed by atoms with Gasteiger partial charge in [-0.3, -0.25) is 14.9 Å². The van der Waals surface area contributed by atoms with Crippen molar-refractivity contribution < 1.29 is 28.0 Å². The fraction of sp³-hybridized carbons (Fsp3) is 0.300. The first-order valence-electron chi connectivity index (χ1n) is 5.20. The van der Waals surface area contributed by atoms with Crippen molar-refractivity contribution in [2.45, 2.75) is 4.90 Å². The van der Waals surface area contributed by atoms with Gasteiger partial charge in [0.25, 0.3) is 5.69 Å². The quantitative estimate of drug-likeness (QED) is 0.591. The van der Waals surface area contributed by atoms with Crippen LogP contribution in [-0.2, 0) is 14.8 Å². The van der Waals surface area contributed by atoms with E-state index in [2.05, 4.69) is 0 Å². The molecule has 0 atom stereocenters. The highest BCUT2D eigenvalue weighted by atomic mass is 32.2. The molecule has 0 bridgehead atoms. The number of non-ortho nitro benzene ring substituents is 1. The van der Waals surface area contributed by atoms with Crippen molar-refractivity contribution in [2.24, 2.45) is 0 Å². The summed E-state index contributed by atoms with van der Waals surface area (Å²) in [5.74, 6) is -1.45. The lowest BCUT2D eigenvalue weighted by Crippen LogP contribution is -2.32. The first-order chi connectivity index (χ1) is 9.20. The van der Waals surface area contributed by atoms with Crippen molar-refractivity contribution in [2.75, 3.05) is 20.7 Å². The summed E-state index contributed by atoms with van der Waals surface area (Å²) in [7, 11) is -1.95. The molecule has 0 aliphatic heterocycles. The zero-order valence-electron chi connectivity index (χ0n) is 10.6. The second-order valence-electron chi connectivity index (χ2n) is 3.75. The van der Waals surface area contributed by atoms with Gasteiger partial charge in [-0.2, -0.15) is 4.31 Å².